The number of alkyl halides is 1. The molecule has 9 heteroatoms. The summed E-state index contributed by atoms with van der Waals surface area (Å²) in [5, 5.41) is 14.6. The molecule has 0 heterocycles. The van der Waals surface area contributed by atoms with Crippen LogP contribution in [0.1, 0.15) is 5.56 Å². The van der Waals surface area contributed by atoms with E-state index in [4.69, 9.17) is 16.7 Å². The van der Waals surface area contributed by atoms with Crippen molar-refractivity contribution in [3.8, 4) is 0 Å². The zero-order valence-electron chi connectivity index (χ0n) is 10.5. The van der Waals surface area contributed by atoms with Crippen LogP contribution >= 0.6 is 11.6 Å². The standard InChI is InChI=1S/C12H11ClN2O5S/c13-11-8-10(9-4-2-1-3-5-9)6-7-12(11,15(16)17)20-21(14,18)19/h1-8,11H,(H2,14,18,19). The van der Waals surface area contributed by atoms with E-state index in [9.17, 15) is 18.5 Å². The fourth-order valence-electron chi connectivity index (χ4n) is 1.91. The summed E-state index contributed by atoms with van der Waals surface area (Å²) < 4.78 is 26.5. The highest BCUT2D eigenvalue weighted by atomic mass is 35.5. The lowest BCUT2D eigenvalue weighted by Gasteiger charge is -2.26. The molecule has 0 fully saturated rings. The number of nitro groups is 1. The molecule has 2 atom stereocenters. The zero-order valence-corrected chi connectivity index (χ0v) is 12.1. The molecule has 2 rings (SSSR count). The zero-order chi connectivity index (χ0) is 15.7. The van der Waals surface area contributed by atoms with Crippen LogP contribution in [0.15, 0.2) is 48.6 Å². The molecule has 1 aliphatic carbocycles. The Hall–Kier alpha value is -1.74. The first-order chi connectivity index (χ1) is 9.74. The first kappa shape index (κ1) is 15.6. The smallest absolute Gasteiger partial charge is 0.261 e. The average Bonchev–Trinajstić information content (AvgIpc) is 2.40. The molecule has 1 aromatic rings. The van der Waals surface area contributed by atoms with Gasteiger partial charge in [-0.15, -0.1) is 11.6 Å². The molecule has 112 valence electrons. The number of hydrogen-bond donors (Lipinski definition) is 1. The largest absolute Gasteiger partial charge is 0.379 e. The van der Waals surface area contributed by atoms with E-state index in [1.54, 1.807) is 24.3 Å². The second-order valence-corrected chi connectivity index (χ2v) is 5.93. The van der Waals surface area contributed by atoms with Crippen molar-refractivity contribution in [3.63, 3.8) is 0 Å². The lowest BCUT2D eigenvalue weighted by Crippen LogP contribution is -2.50. The van der Waals surface area contributed by atoms with Crippen LogP contribution in [-0.4, -0.2) is 24.4 Å². The monoisotopic (exact) mass is 330 g/mol. The van der Waals surface area contributed by atoms with Gasteiger partial charge in [0.05, 0.1) is 4.92 Å². The minimum absolute atomic E-state index is 0.617. The van der Waals surface area contributed by atoms with Gasteiger partial charge in [-0.2, -0.15) is 12.6 Å². The van der Waals surface area contributed by atoms with Crippen molar-refractivity contribution >= 4 is 27.5 Å². The van der Waals surface area contributed by atoms with Gasteiger partial charge in [0.15, 0.2) is 5.38 Å². The molecule has 21 heavy (non-hydrogen) atoms. The number of benzene rings is 1. The second-order valence-electron chi connectivity index (χ2n) is 4.31. The summed E-state index contributed by atoms with van der Waals surface area (Å²) >= 11 is 5.97. The molecule has 0 saturated carbocycles. The highest BCUT2D eigenvalue weighted by Gasteiger charge is 2.53. The normalized spacial score (nSPS) is 25.4. The summed E-state index contributed by atoms with van der Waals surface area (Å²) in [6.07, 6.45) is 3.71. The maximum atomic E-state index is 11.2. The van der Waals surface area contributed by atoms with Crippen molar-refractivity contribution in [1.29, 1.82) is 0 Å². The first-order valence-corrected chi connectivity index (χ1v) is 7.64. The quantitative estimate of drug-likeness (QED) is 0.388. The number of nitrogens with zero attached hydrogens (tertiary/aromatic N) is 1. The molecule has 1 aliphatic rings. The molecule has 0 aliphatic heterocycles. The Balaban J connectivity index is 2.41. The molecule has 0 aromatic heterocycles. The van der Waals surface area contributed by atoms with Crippen molar-refractivity contribution in [2.45, 2.75) is 11.1 Å². The maximum absolute atomic E-state index is 11.2. The van der Waals surface area contributed by atoms with Crippen molar-refractivity contribution in [2.24, 2.45) is 5.14 Å². The van der Waals surface area contributed by atoms with Gasteiger partial charge >= 0.3 is 16.0 Å². The van der Waals surface area contributed by atoms with Crippen LogP contribution in [0.25, 0.3) is 5.57 Å². The summed E-state index contributed by atoms with van der Waals surface area (Å²) in [6, 6.07) is 8.99. The third kappa shape index (κ3) is 3.30. The molecule has 0 bridgehead atoms. The molecule has 0 amide bonds. The summed E-state index contributed by atoms with van der Waals surface area (Å²) in [7, 11) is -4.55. The van der Waals surface area contributed by atoms with Crippen LogP contribution in [0.3, 0.4) is 0 Å². The molecule has 2 N–H and O–H groups in total. The average molecular weight is 331 g/mol. The topological polar surface area (TPSA) is 113 Å². The Kier molecular flexibility index (Phi) is 4.15. The van der Waals surface area contributed by atoms with E-state index in [2.05, 4.69) is 4.18 Å². The van der Waals surface area contributed by atoms with Gasteiger partial charge < -0.3 is 0 Å². The van der Waals surface area contributed by atoms with Crippen LogP contribution in [0.5, 0.6) is 0 Å². The Morgan fingerprint density at radius 3 is 2.43 bits per heavy atom. The van der Waals surface area contributed by atoms with Crippen molar-refractivity contribution < 1.29 is 17.5 Å². The predicted molar refractivity (Wildman–Crippen MR) is 77.1 cm³/mol. The summed E-state index contributed by atoms with van der Waals surface area (Å²) in [4.78, 5) is 10.3. The van der Waals surface area contributed by atoms with Crippen molar-refractivity contribution in [2.75, 3.05) is 0 Å². The molecular weight excluding hydrogens is 320 g/mol. The van der Waals surface area contributed by atoms with Gasteiger partial charge in [0.25, 0.3) is 0 Å². The summed E-state index contributed by atoms with van der Waals surface area (Å²) in [5.74, 6) is 0. The first-order valence-electron chi connectivity index (χ1n) is 5.73. The van der Waals surface area contributed by atoms with Gasteiger partial charge in [-0.25, -0.2) is 5.14 Å². The third-order valence-electron chi connectivity index (χ3n) is 2.86. The Morgan fingerprint density at radius 2 is 1.95 bits per heavy atom. The van der Waals surface area contributed by atoms with Crippen LogP contribution < -0.4 is 5.14 Å². The van der Waals surface area contributed by atoms with E-state index in [0.717, 1.165) is 11.6 Å². The lowest BCUT2D eigenvalue weighted by molar-refractivity contribution is -0.597. The van der Waals surface area contributed by atoms with Crippen molar-refractivity contribution in [1.82, 2.24) is 0 Å². The number of rotatable bonds is 4. The van der Waals surface area contributed by atoms with Gasteiger partial charge in [0.1, 0.15) is 0 Å². The van der Waals surface area contributed by atoms with E-state index in [1.807, 2.05) is 6.07 Å². The predicted octanol–water partition coefficient (Wildman–Crippen LogP) is 1.44. The maximum Gasteiger partial charge on any atom is 0.379 e. The second kappa shape index (κ2) is 5.57. The highest BCUT2D eigenvalue weighted by molar-refractivity contribution is 7.84. The Bertz CT molecular complexity index is 716. The van der Waals surface area contributed by atoms with Gasteiger partial charge in [-0.05, 0) is 23.3 Å². The molecule has 0 saturated heterocycles. The van der Waals surface area contributed by atoms with E-state index < -0.39 is 26.3 Å². The van der Waals surface area contributed by atoms with E-state index in [-0.39, 0.29) is 0 Å². The van der Waals surface area contributed by atoms with E-state index in [1.165, 1.54) is 12.2 Å². The highest BCUT2D eigenvalue weighted by Crippen LogP contribution is 2.34. The summed E-state index contributed by atoms with van der Waals surface area (Å²) in [6.45, 7) is 0. The van der Waals surface area contributed by atoms with Gasteiger partial charge in [-0.3, -0.25) is 10.1 Å². The van der Waals surface area contributed by atoms with Crippen LogP contribution in [0, 0.1) is 10.1 Å². The van der Waals surface area contributed by atoms with E-state index in [0.29, 0.717) is 5.57 Å². The van der Waals surface area contributed by atoms with Crippen LogP contribution in [0.2, 0.25) is 0 Å². The molecule has 0 radical (unpaired) electrons. The SMILES string of the molecule is NS(=O)(=O)OC1([N+](=O)[O-])C=CC(c2ccccc2)=CC1Cl. The number of hydrogen-bond acceptors (Lipinski definition) is 5. The number of nitrogens with two attached hydrogens (primary N) is 1. The minimum atomic E-state index is -4.55. The third-order valence-corrected chi connectivity index (χ3v) is 3.80. The fraction of sp³-hybridized carbons (Fsp3) is 0.167. The van der Waals surface area contributed by atoms with Crippen molar-refractivity contribution in [3.05, 3.63) is 64.2 Å². The van der Waals surface area contributed by atoms with Gasteiger partial charge in [0, 0.05) is 6.08 Å². The van der Waals surface area contributed by atoms with Crippen LogP contribution in [0.4, 0.5) is 0 Å². The van der Waals surface area contributed by atoms with Gasteiger partial charge in [-0.1, -0.05) is 30.3 Å². The molecule has 2 unspecified atom stereocenters. The lowest BCUT2D eigenvalue weighted by atomic mass is 9.95. The molecular formula is C12H11ClN2O5S. The minimum Gasteiger partial charge on any atom is -0.261 e. The molecule has 0 spiro atoms. The number of halogens is 1. The van der Waals surface area contributed by atoms with Crippen LogP contribution in [-0.2, 0) is 14.5 Å². The Morgan fingerprint density at radius 1 is 1.33 bits per heavy atom. The fourth-order valence-corrected chi connectivity index (χ4v) is 2.89. The molecule has 7 nitrogen and oxygen atoms in total. The Labute approximate surface area is 126 Å². The number of allylic oxidation sites excluding steroid dienone is 2. The van der Waals surface area contributed by atoms with Gasteiger partial charge in [0.2, 0.25) is 0 Å². The summed E-state index contributed by atoms with van der Waals surface area (Å²) in [5.41, 5.74) is -1.05. The van der Waals surface area contributed by atoms with E-state index >= 15 is 0 Å². The molecule has 1 aromatic carbocycles.